The zero-order valence-corrected chi connectivity index (χ0v) is 12.6. The molecule has 0 spiro atoms. The van der Waals surface area contributed by atoms with E-state index in [4.69, 9.17) is 14.6 Å². The first-order valence-corrected chi connectivity index (χ1v) is 7.63. The molecule has 1 aromatic rings. The molecule has 0 bridgehead atoms. The Bertz CT molecular complexity index is 446. The third-order valence-electron chi connectivity index (χ3n) is 3.84. The molecule has 22 heavy (non-hydrogen) atoms. The maximum absolute atomic E-state index is 9.91. The minimum atomic E-state index is -1.43. The van der Waals surface area contributed by atoms with E-state index in [0.29, 0.717) is 5.75 Å². The number of unbranched alkanes of at least 4 members (excludes halogenated alkanes) is 1. The van der Waals surface area contributed by atoms with Gasteiger partial charge in [0.2, 0.25) is 6.29 Å². The molecule has 0 aromatic heterocycles. The van der Waals surface area contributed by atoms with Gasteiger partial charge in [0.15, 0.2) is 0 Å². The predicted octanol–water partition coefficient (Wildman–Crippen LogP) is 0.208. The Morgan fingerprint density at radius 2 is 1.73 bits per heavy atom. The summed E-state index contributed by atoms with van der Waals surface area (Å²) in [7, 11) is 0. The van der Waals surface area contributed by atoms with Gasteiger partial charge in [-0.05, 0) is 30.5 Å². The number of aliphatic hydroxyl groups is 4. The molecule has 1 aliphatic rings. The van der Waals surface area contributed by atoms with Crippen molar-refractivity contribution in [2.24, 2.45) is 0 Å². The molecule has 1 aromatic carbocycles. The molecule has 1 saturated heterocycles. The van der Waals surface area contributed by atoms with Crippen LogP contribution >= 0.6 is 0 Å². The third-order valence-corrected chi connectivity index (χ3v) is 3.84. The van der Waals surface area contributed by atoms with E-state index >= 15 is 0 Å². The van der Waals surface area contributed by atoms with Crippen molar-refractivity contribution < 1.29 is 29.9 Å². The highest BCUT2D eigenvalue weighted by Gasteiger charge is 2.44. The number of hydrogen-bond donors (Lipinski definition) is 4. The largest absolute Gasteiger partial charge is 0.462 e. The van der Waals surface area contributed by atoms with Crippen molar-refractivity contribution >= 4 is 0 Å². The minimum Gasteiger partial charge on any atom is -0.462 e. The van der Waals surface area contributed by atoms with Crippen molar-refractivity contribution in [1.29, 1.82) is 0 Å². The Labute approximate surface area is 129 Å². The van der Waals surface area contributed by atoms with Gasteiger partial charge in [0, 0.05) is 0 Å². The molecule has 5 atom stereocenters. The lowest BCUT2D eigenvalue weighted by Gasteiger charge is -2.39. The Hall–Kier alpha value is -1.18. The van der Waals surface area contributed by atoms with E-state index in [1.165, 1.54) is 5.56 Å². The summed E-state index contributed by atoms with van der Waals surface area (Å²) < 4.78 is 10.8. The van der Waals surface area contributed by atoms with E-state index in [1.54, 1.807) is 12.1 Å². The lowest BCUT2D eigenvalue weighted by molar-refractivity contribution is -0.277. The van der Waals surface area contributed by atoms with Crippen molar-refractivity contribution in [1.82, 2.24) is 0 Å². The second-order valence-electron chi connectivity index (χ2n) is 5.56. The van der Waals surface area contributed by atoms with Crippen LogP contribution in [-0.4, -0.2) is 57.7 Å². The van der Waals surface area contributed by atoms with Gasteiger partial charge in [-0.1, -0.05) is 25.5 Å². The van der Waals surface area contributed by atoms with Gasteiger partial charge < -0.3 is 29.9 Å². The van der Waals surface area contributed by atoms with Crippen LogP contribution in [0.25, 0.3) is 0 Å². The fourth-order valence-electron chi connectivity index (χ4n) is 2.41. The fourth-order valence-corrected chi connectivity index (χ4v) is 2.41. The van der Waals surface area contributed by atoms with Gasteiger partial charge in [-0.2, -0.15) is 0 Å². The summed E-state index contributed by atoms with van der Waals surface area (Å²) in [5, 5.41) is 38.5. The third kappa shape index (κ3) is 3.97. The second-order valence-corrected chi connectivity index (χ2v) is 5.56. The Balaban J connectivity index is 1.99. The van der Waals surface area contributed by atoms with Gasteiger partial charge in [-0.15, -0.1) is 0 Å². The average Bonchev–Trinajstić information content (AvgIpc) is 2.54. The van der Waals surface area contributed by atoms with Crippen LogP contribution in [0, 0.1) is 0 Å². The summed E-state index contributed by atoms with van der Waals surface area (Å²) in [6.07, 6.45) is -3.06. The molecule has 5 unspecified atom stereocenters. The maximum Gasteiger partial charge on any atom is 0.229 e. The summed E-state index contributed by atoms with van der Waals surface area (Å²) >= 11 is 0. The average molecular weight is 312 g/mol. The van der Waals surface area contributed by atoms with E-state index in [0.717, 1.165) is 19.3 Å². The molecule has 6 nitrogen and oxygen atoms in total. The van der Waals surface area contributed by atoms with E-state index in [9.17, 15) is 15.3 Å². The van der Waals surface area contributed by atoms with Gasteiger partial charge in [0.1, 0.15) is 30.2 Å². The molecule has 0 saturated carbocycles. The van der Waals surface area contributed by atoms with Gasteiger partial charge in [-0.3, -0.25) is 0 Å². The standard InChI is InChI=1S/C16H24O6/c1-2-3-4-10-5-7-11(8-6-10)21-16-15(20)14(19)13(18)12(9-17)22-16/h5-8,12-20H,2-4,9H2,1H3. The summed E-state index contributed by atoms with van der Waals surface area (Å²) in [5.41, 5.74) is 1.20. The molecule has 6 heteroatoms. The molecule has 0 aliphatic carbocycles. The maximum atomic E-state index is 9.91. The van der Waals surface area contributed by atoms with Crippen molar-refractivity contribution in [2.45, 2.75) is 56.9 Å². The van der Waals surface area contributed by atoms with Crippen LogP contribution in [0.3, 0.4) is 0 Å². The highest BCUT2D eigenvalue weighted by molar-refractivity contribution is 5.27. The lowest BCUT2D eigenvalue weighted by Crippen LogP contribution is -2.60. The number of ether oxygens (including phenoxy) is 2. The van der Waals surface area contributed by atoms with Crippen LogP contribution in [0.4, 0.5) is 0 Å². The first-order valence-electron chi connectivity index (χ1n) is 7.63. The molecular formula is C16H24O6. The summed E-state index contributed by atoms with van der Waals surface area (Å²) in [5.74, 6) is 0.490. The second kappa shape index (κ2) is 7.89. The molecule has 4 N–H and O–H groups in total. The molecule has 124 valence electrons. The minimum absolute atomic E-state index is 0.471. The van der Waals surface area contributed by atoms with Crippen LogP contribution < -0.4 is 4.74 Å². The predicted molar refractivity (Wildman–Crippen MR) is 79.4 cm³/mol. The lowest BCUT2D eigenvalue weighted by atomic mass is 9.99. The zero-order valence-electron chi connectivity index (χ0n) is 12.6. The highest BCUT2D eigenvalue weighted by Crippen LogP contribution is 2.24. The van der Waals surface area contributed by atoms with Crippen molar-refractivity contribution in [2.75, 3.05) is 6.61 Å². The monoisotopic (exact) mass is 312 g/mol. The van der Waals surface area contributed by atoms with Crippen molar-refractivity contribution in [3.63, 3.8) is 0 Å². The van der Waals surface area contributed by atoms with Crippen LogP contribution in [-0.2, 0) is 11.2 Å². The quantitative estimate of drug-likeness (QED) is 0.599. The van der Waals surface area contributed by atoms with Crippen molar-refractivity contribution in [3.05, 3.63) is 29.8 Å². The normalized spacial score (nSPS) is 32.0. The van der Waals surface area contributed by atoms with Crippen molar-refractivity contribution in [3.8, 4) is 5.75 Å². The number of aryl methyl sites for hydroxylation is 1. The Morgan fingerprint density at radius 3 is 2.32 bits per heavy atom. The van der Waals surface area contributed by atoms with E-state index < -0.39 is 37.3 Å². The summed E-state index contributed by atoms with van der Waals surface area (Å²) in [6.45, 7) is 1.66. The number of hydrogen-bond acceptors (Lipinski definition) is 6. The fraction of sp³-hybridized carbons (Fsp3) is 0.625. The molecule has 0 radical (unpaired) electrons. The number of rotatable bonds is 6. The molecule has 1 fully saturated rings. The first-order chi connectivity index (χ1) is 10.6. The highest BCUT2D eigenvalue weighted by atomic mass is 16.7. The van der Waals surface area contributed by atoms with E-state index in [2.05, 4.69) is 6.92 Å². The Kier molecular flexibility index (Phi) is 6.16. The molecular weight excluding hydrogens is 288 g/mol. The number of benzene rings is 1. The van der Waals surface area contributed by atoms with E-state index in [1.807, 2.05) is 12.1 Å². The van der Waals surface area contributed by atoms with Crippen LogP contribution in [0.2, 0.25) is 0 Å². The van der Waals surface area contributed by atoms with Crippen LogP contribution in [0.5, 0.6) is 5.75 Å². The SMILES string of the molecule is CCCCc1ccc(OC2OC(CO)C(O)C(O)C2O)cc1. The molecule has 1 aliphatic heterocycles. The van der Waals surface area contributed by atoms with Gasteiger partial charge >= 0.3 is 0 Å². The van der Waals surface area contributed by atoms with Gasteiger partial charge in [0.25, 0.3) is 0 Å². The number of aliphatic hydroxyl groups excluding tert-OH is 4. The Morgan fingerprint density at radius 1 is 1.05 bits per heavy atom. The molecule has 0 amide bonds. The topological polar surface area (TPSA) is 99.4 Å². The first kappa shape index (κ1) is 17.2. The molecule has 1 heterocycles. The van der Waals surface area contributed by atoms with E-state index in [-0.39, 0.29) is 0 Å². The molecule has 2 rings (SSSR count). The van der Waals surface area contributed by atoms with Gasteiger partial charge in [-0.25, -0.2) is 0 Å². The smallest absolute Gasteiger partial charge is 0.229 e. The van der Waals surface area contributed by atoms with Crippen LogP contribution in [0.1, 0.15) is 25.3 Å². The zero-order chi connectivity index (χ0) is 16.1. The van der Waals surface area contributed by atoms with Crippen LogP contribution in [0.15, 0.2) is 24.3 Å². The van der Waals surface area contributed by atoms with Gasteiger partial charge in [0.05, 0.1) is 6.61 Å². The summed E-state index contributed by atoms with van der Waals surface area (Å²) in [6, 6.07) is 7.42. The summed E-state index contributed by atoms with van der Waals surface area (Å²) in [4.78, 5) is 0.